The number of hydrogen-bond acceptors (Lipinski definition) is 4. The van der Waals surface area contributed by atoms with Gasteiger partial charge >= 0.3 is 0 Å². The second kappa shape index (κ2) is 5.68. The van der Waals surface area contributed by atoms with Crippen LogP contribution in [0.5, 0.6) is 0 Å². The van der Waals surface area contributed by atoms with Crippen molar-refractivity contribution in [1.82, 2.24) is 10.0 Å². The van der Waals surface area contributed by atoms with Crippen molar-refractivity contribution < 1.29 is 13.2 Å². The van der Waals surface area contributed by atoms with Crippen LogP contribution in [0.4, 0.5) is 0 Å². The van der Waals surface area contributed by atoms with E-state index in [-0.39, 0.29) is 10.9 Å². The van der Waals surface area contributed by atoms with Crippen LogP contribution in [-0.2, 0) is 10.0 Å². The first-order valence-electron chi connectivity index (χ1n) is 6.12. The Balaban J connectivity index is 2.12. The molecule has 0 spiro atoms. The van der Waals surface area contributed by atoms with Gasteiger partial charge in [0.1, 0.15) is 0 Å². The van der Waals surface area contributed by atoms with Crippen molar-refractivity contribution in [3.05, 3.63) is 29.8 Å². The Morgan fingerprint density at radius 1 is 1.32 bits per heavy atom. The molecule has 1 amide bonds. The Kier molecular flexibility index (Phi) is 4.18. The number of hydrogen-bond donors (Lipinski definition) is 3. The van der Waals surface area contributed by atoms with E-state index in [4.69, 9.17) is 5.73 Å². The molecule has 0 bridgehead atoms. The molecule has 0 unspecified atom stereocenters. The molecule has 6 nitrogen and oxygen atoms in total. The fourth-order valence-corrected chi connectivity index (χ4v) is 3.31. The summed E-state index contributed by atoms with van der Waals surface area (Å²) in [5, 5.41) is 3.14. The average molecular weight is 283 g/mol. The number of carbonyl (C=O) groups excluding carboxylic acids is 1. The molecule has 0 aliphatic carbocycles. The summed E-state index contributed by atoms with van der Waals surface area (Å²) in [5.74, 6) is -0.576. The minimum atomic E-state index is -3.54. The van der Waals surface area contributed by atoms with Crippen molar-refractivity contribution in [3.63, 3.8) is 0 Å². The first kappa shape index (κ1) is 14.0. The highest BCUT2D eigenvalue weighted by Crippen LogP contribution is 2.12. The Morgan fingerprint density at radius 3 is 2.53 bits per heavy atom. The molecule has 19 heavy (non-hydrogen) atoms. The van der Waals surface area contributed by atoms with Gasteiger partial charge in [0.15, 0.2) is 0 Å². The Morgan fingerprint density at radius 2 is 2.00 bits per heavy atom. The predicted molar refractivity (Wildman–Crippen MR) is 71.2 cm³/mol. The molecule has 2 rings (SSSR count). The highest BCUT2D eigenvalue weighted by Gasteiger charge is 2.21. The Bertz CT molecular complexity index is 548. The van der Waals surface area contributed by atoms with E-state index in [0.29, 0.717) is 12.1 Å². The number of nitrogens with two attached hydrogens (primary N) is 1. The summed E-state index contributed by atoms with van der Waals surface area (Å²) in [4.78, 5) is 11.1. The molecular formula is C12H17N3O3S. The van der Waals surface area contributed by atoms with Crippen molar-refractivity contribution in [2.75, 3.05) is 13.1 Å². The van der Waals surface area contributed by atoms with Crippen LogP contribution in [0.25, 0.3) is 0 Å². The lowest BCUT2D eigenvalue weighted by atomic mass is 10.1. The normalized spacial score (nSPS) is 20.1. The molecule has 0 saturated carbocycles. The van der Waals surface area contributed by atoms with E-state index in [9.17, 15) is 13.2 Å². The highest BCUT2D eigenvalue weighted by atomic mass is 32.2. The van der Waals surface area contributed by atoms with Crippen LogP contribution in [0.1, 0.15) is 23.2 Å². The number of primary amides is 1. The summed E-state index contributed by atoms with van der Waals surface area (Å²) in [7, 11) is -3.54. The molecule has 1 saturated heterocycles. The number of amides is 1. The molecule has 104 valence electrons. The SMILES string of the molecule is NC(=O)c1ccc(S(=O)(=O)N[C@H]2CCCNC2)cc1. The van der Waals surface area contributed by atoms with Gasteiger partial charge in [0.25, 0.3) is 0 Å². The molecule has 1 heterocycles. The summed E-state index contributed by atoms with van der Waals surface area (Å²) < 4.78 is 26.9. The maximum Gasteiger partial charge on any atom is 0.248 e. The van der Waals surface area contributed by atoms with Gasteiger partial charge in [0, 0.05) is 18.2 Å². The van der Waals surface area contributed by atoms with Crippen molar-refractivity contribution in [2.45, 2.75) is 23.8 Å². The zero-order chi connectivity index (χ0) is 13.9. The van der Waals surface area contributed by atoms with Gasteiger partial charge in [-0.3, -0.25) is 4.79 Å². The minimum absolute atomic E-state index is 0.0884. The minimum Gasteiger partial charge on any atom is -0.366 e. The lowest BCUT2D eigenvalue weighted by Crippen LogP contribution is -2.45. The zero-order valence-corrected chi connectivity index (χ0v) is 11.2. The Labute approximate surface area is 112 Å². The first-order valence-corrected chi connectivity index (χ1v) is 7.60. The summed E-state index contributed by atoms with van der Waals surface area (Å²) in [6, 6.07) is 5.51. The lowest BCUT2D eigenvalue weighted by Gasteiger charge is -2.23. The summed E-state index contributed by atoms with van der Waals surface area (Å²) in [6.07, 6.45) is 1.78. The van der Waals surface area contributed by atoms with Crippen molar-refractivity contribution in [3.8, 4) is 0 Å². The van der Waals surface area contributed by atoms with Crippen molar-refractivity contribution in [1.29, 1.82) is 0 Å². The van der Waals surface area contributed by atoms with Gasteiger partial charge in [-0.05, 0) is 43.7 Å². The molecule has 4 N–H and O–H groups in total. The van der Waals surface area contributed by atoms with Gasteiger partial charge in [-0.1, -0.05) is 0 Å². The first-order chi connectivity index (χ1) is 8.99. The van der Waals surface area contributed by atoms with E-state index >= 15 is 0 Å². The fraction of sp³-hybridized carbons (Fsp3) is 0.417. The van der Waals surface area contributed by atoms with Gasteiger partial charge < -0.3 is 11.1 Å². The molecule has 1 atom stereocenters. The van der Waals surface area contributed by atoms with Gasteiger partial charge in [-0.2, -0.15) is 0 Å². The van der Waals surface area contributed by atoms with E-state index in [1.807, 2.05) is 0 Å². The third-order valence-corrected chi connectivity index (χ3v) is 4.60. The summed E-state index contributed by atoms with van der Waals surface area (Å²) in [6.45, 7) is 1.56. The van der Waals surface area contributed by atoms with Crippen LogP contribution in [0.15, 0.2) is 29.2 Å². The fourth-order valence-electron chi connectivity index (χ4n) is 2.04. The van der Waals surface area contributed by atoms with Crippen molar-refractivity contribution >= 4 is 15.9 Å². The lowest BCUT2D eigenvalue weighted by molar-refractivity contribution is 0.1000. The molecule has 0 aromatic heterocycles. The van der Waals surface area contributed by atoms with Crippen LogP contribution in [0.2, 0.25) is 0 Å². The second-order valence-electron chi connectivity index (χ2n) is 4.55. The molecule has 1 aliphatic heterocycles. The van der Waals surface area contributed by atoms with Crippen LogP contribution in [0, 0.1) is 0 Å². The van der Waals surface area contributed by atoms with Crippen LogP contribution in [0.3, 0.4) is 0 Å². The topological polar surface area (TPSA) is 101 Å². The zero-order valence-electron chi connectivity index (χ0n) is 10.4. The van der Waals surface area contributed by atoms with Gasteiger partial charge in [-0.25, -0.2) is 13.1 Å². The molecule has 1 fully saturated rings. The van der Waals surface area contributed by atoms with E-state index in [1.54, 1.807) is 0 Å². The number of carbonyl (C=O) groups is 1. The van der Waals surface area contributed by atoms with E-state index in [0.717, 1.165) is 19.4 Å². The quantitative estimate of drug-likeness (QED) is 0.713. The molecule has 7 heteroatoms. The van der Waals surface area contributed by atoms with E-state index in [2.05, 4.69) is 10.0 Å². The third kappa shape index (κ3) is 3.52. The Hall–Kier alpha value is -1.44. The molecule has 1 aliphatic rings. The van der Waals surface area contributed by atoms with Gasteiger partial charge in [0.05, 0.1) is 4.90 Å². The van der Waals surface area contributed by atoms with Crippen LogP contribution >= 0.6 is 0 Å². The maximum atomic E-state index is 12.1. The van der Waals surface area contributed by atoms with Gasteiger partial charge in [-0.15, -0.1) is 0 Å². The molecule has 0 radical (unpaired) electrons. The number of nitrogens with one attached hydrogen (secondary N) is 2. The maximum absolute atomic E-state index is 12.1. The summed E-state index contributed by atoms with van der Waals surface area (Å²) >= 11 is 0. The van der Waals surface area contributed by atoms with Crippen LogP contribution in [-0.4, -0.2) is 33.5 Å². The second-order valence-corrected chi connectivity index (χ2v) is 6.27. The van der Waals surface area contributed by atoms with Gasteiger partial charge in [0.2, 0.25) is 15.9 Å². The average Bonchev–Trinajstić information content (AvgIpc) is 2.39. The monoisotopic (exact) mass is 283 g/mol. The standard InChI is InChI=1S/C12H17N3O3S/c13-12(16)9-3-5-11(6-4-9)19(17,18)15-10-2-1-7-14-8-10/h3-6,10,14-15H,1-2,7-8H2,(H2,13,16)/t10-/m0/s1. The van der Waals surface area contributed by atoms with Crippen molar-refractivity contribution in [2.24, 2.45) is 5.73 Å². The number of sulfonamides is 1. The summed E-state index contributed by atoms with van der Waals surface area (Å²) in [5.41, 5.74) is 5.40. The number of rotatable bonds is 4. The smallest absolute Gasteiger partial charge is 0.248 e. The van der Waals surface area contributed by atoms with E-state index in [1.165, 1.54) is 24.3 Å². The number of piperidine rings is 1. The highest BCUT2D eigenvalue weighted by molar-refractivity contribution is 7.89. The molecule has 1 aromatic carbocycles. The number of benzene rings is 1. The van der Waals surface area contributed by atoms with E-state index < -0.39 is 15.9 Å². The molecule has 1 aromatic rings. The predicted octanol–water partition coefficient (Wildman–Crippen LogP) is -0.184. The largest absolute Gasteiger partial charge is 0.366 e. The molecular weight excluding hydrogens is 266 g/mol. The van der Waals surface area contributed by atoms with Crippen LogP contribution < -0.4 is 15.8 Å². The third-order valence-electron chi connectivity index (χ3n) is 3.07.